The van der Waals surface area contributed by atoms with Crippen molar-refractivity contribution < 1.29 is 0 Å². The molecule has 1 aromatic rings. The Labute approximate surface area is 109 Å². The van der Waals surface area contributed by atoms with Crippen LogP contribution in [0.5, 0.6) is 0 Å². The van der Waals surface area contributed by atoms with E-state index in [9.17, 15) is 0 Å². The summed E-state index contributed by atoms with van der Waals surface area (Å²) in [4.78, 5) is 0. The van der Waals surface area contributed by atoms with E-state index in [-0.39, 0.29) is 0 Å². The molecule has 88 valence electrons. The van der Waals surface area contributed by atoms with Crippen LogP contribution in [0.3, 0.4) is 0 Å². The van der Waals surface area contributed by atoms with E-state index in [1.54, 1.807) is 0 Å². The number of nitrogens with one attached hydrogen (secondary N) is 1. The zero-order valence-electron chi connectivity index (χ0n) is 9.64. The number of nitrogens with two attached hydrogens (primary N) is 1. The number of anilines is 2. The number of benzene rings is 1. The molecule has 1 aliphatic rings. The third kappa shape index (κ3) is 2.48. The highest BCUT2D eigenvalue weighted by atomic mass is 79.9. The van der Waals surface area contributed by atoms with Crippen LogP contribution in [0, 0.1) is 6.92 Å². The first-order valence-corrected chi connectivity index (χ1v) is 7.43. The molecular formula is C12H17BrN2S. The van der Waals surface area contributed by atoms with Gasteiger partial charge in [-0.25, -0.2) is 0 Å². The van der Waals surface area contributed by atoms with E-state index in [1.165, 1.54) is 12.8 Å². The number of nitrogen functional groups attached to an aromatic ring is 1. The number of rotatable bonds is 4. The van der Waals surface area contributed by atoms with Gasteiger partial charge in [0, 0.05) is 27.1 Å². The first-order valence-electron chi connectivity index (χ1n) is 5.41. The van der Waals surface area contributed by atoms with Gasteiger partial charge in [0.1, 0.15) is 0 Å². The number of hydrogen-bond acceptors (Lipinski definition) is 3. The molecule has 0 atom stereocenters. The topological polar surface area (TPSA) is 38.0 Å². The maximum Gasteiger partial charge on any atom is 0.0489 e. The largest absolute Gasteiger partial charge is 0.398 e. The fourth-order valence-electron chi connectivity index (χ4n) is 1.68. The number of thioether (sulfide) groups is 1. The van der Waals surface area contributed by atoms with E-state index < -0.39 is 0 Å². The minimum absolute atomic E-state index is 0.481. The van der Waals surface area contributed by atoms with Crippen molar-refractivity contribution in [2.24, 2.45) is 0 Å². The zero-order valence-corrected chi connectivity index (χ0v) is 12.0. The summed E-state index contributed by atoms with van der Waals surface area (Å²) in [7, 11) is 0. The summed E-state index contributed by atoms with van der Waals surface area (Å²) in [5.74, 6) is 0. The van der Waals surface area contributed by atoms with E-state index in [2.05, 4.69) is 33.6 Å². The fourth-order valence-corrected chi connectivity index (χ4v) is 2.91. The second kappa shape index (κ2) is 4.49. The molecule has 0 saturated heterocycles. The number of hydrogen-bond donors (Lipinski definition) is 2. The van der Waals surface area contributed by atoms with Gasteiger partial charge in [-0.2, -0.15) is 11.8 Å². The molecule has 0 heterocycles. The summed E-state index contributed by atoms with van der Waals surface area (Å²) in [5.41, 5.74) is 8.95. The van der Waals surface area contributed by atoms with Crippen LogP contribution in [-0.2, 0) is 0 Å². The Balaban J connectivity index is 2.07. The molecule has 1 aromatic carbocycles. The average Bonchev–Trinajstić information content (AvgIpc) is 3.02. The maximum absolute atomic E-state index is 5.85. The lowest BCUT2D eigenvalue weighted by atomic mass is 10.2. The number of aryl methyl sites for hydroxylation is 1. The van der Waals surface area contributed by atoms with Gasteiger partial charge in [0.2, 0.25) is 0 Å². The van der Waals surface area contributed by atoms with Crippen LogP contribution in [0.1, 0.15) is 18.4 Å². The summed E-state index contributed by atoms with van der Waals surface area (Å²) in [6.45, 7) is 3.07. The minimum atomic E-state index is 0.481. The molecule has 1 saturated carbocycles. The summed E-state index contributed by atoms with van der Waals surface area (Å²) in [5, 5.41) is 3.51. The van der Waals surface area contributed by atoms with E-state index in [4.69, 9.17) is 5.73 Å². The highest BCUT2D eigenvalue weighted by Crippen LogP contribution is 2.47. The van der Waals surface area contributed by atoms with Gasteiger partial charge in [0.25, 0.3) is 0 Å². The molecular weight excluding hydrogens is 284 g/mol. The van der Waals surface area contributed by atoms with Gasteiger partial charge >= 0.3 is 0 Å². The van der Waals surface area contributed by atoms with Crippen LogP contribution in [0.2, 0.25) is 0 Å². The molecule has 0 aliphatic heterocycles. The first kappa shape index (κ1) is 12.1. The highest BCUT2D eigenvalue weighted by Gasteiger charge is 2.41. The van der Waals surface area contributed by atoms with Crippen molar-refractivity contribution in [1.82, 2.24) is 0 Å². The van der Waals surface area contributed by atoms with Gasteiger partial charge in [0.05, 0.1) is 0 Å². The Bertz CT molecular complexity index is 402. The quantitative estimate of drug-likeness (QED) is 0.834. The Morgan fingerprint density at radius 1 is 1.50 bits per heavy atom. The molecule has 0 bridgehead atoms. The van der Waals surface area contributed by atoms with Gasteiger partial charge < -0.3 is 11.1 Å². The highest BCUT2D eigenvalue weighted by molar-refractivity contribution is 9.10. The molecule has 0 amide bonds. The minimum Gasteiger partial charge on any atom is -0.398 e. The SMILES string of the molecule is CSC1(CNc2cc(C)c(N)cc2Br)CC1. The number of halogens is 1. The molecule has 1 fully saturated rings. The normalized spacial score (nSPS) is 17.2. The van der Waals surface area contributed by atoms with Crippen molar-refractivity contribution in [2.75, 3.05) is 23.9 Å². The van der Waals surface area contributed by atoms with Gasteiger partial charge in [-0.3, -0.25) is 0 Å². The second-order valence-electron chi connectivity index (χ2n) is 4.43. The van der Waals surface area contributed by atoms with E-state index >= 15 is 0 Å². The third-order valence-electron chi connectivity index (χ3n) is 3.20. The lowest BCUT2D eigenvalue weighted by molar-refractivity contribution is 0.948. The van der Waals surface area contributed by atoms with E-state index in [1.807, 2.05) is 24.8 Å². The van der Waals surface area contributed by atoms with Gasteiger partial charge in [-0.15, -0.1) is 0 Å². The van der Waals surface area contributed by atoms with Crippen molar-refractivity contribution in [3.63, 3.8) is 0 Å². The van der Waals surface area contributed by atoms with Crippen molar-refractivity contribution in [1.29, 1.82) is 0 Å². The summed E-state index contributed by atoms with van der Waals surface area (Å²) >= 11 is 5.51. The molecule has 4 heteroatoms. The maximum atomic E-state index is 5.85. The Morgan fingerprint density at radius 2 is 2.19 bits per heavy atom. The van der Waals surface area contributed by atoms with Crippen LogP contribution < -0.4 is 11.1 Å². The van der Waals surface area contributed by atoms with Crippen molar-refractivity contribution in [3.05, 3.63) is 22.2 Å². The molecule has 0 spiro atoms. The van der Waals surface area contributed by atoms with Crippen LogP contribution in [0.15, 0.2) is 16.6 Å². The lowest BCUT2D eigenvalue weighted by Crippen LogP contribution is -2.17. The summed E-state index contributed by atoms with van der Waals surface area (Å²) < 4.78 is 1.53. The Hall–Kier alpha value is -0.350. The van der Waals surface area contributed by atoms with E-state index in [0.29, 0.717) is 4.75 Å². The lowest BCUT2D eigenvalue weighted by Gasteiger charge is -2.16. The van der Waals surface area contributed by atoms with Crippen LogP contribution in [-0.4, -0.2) is 17.5 Å². The monoisotopic (exact) mass is 300 g/mol. The van der Waals surface area contributed by atoms with Crippen LogP contribution >= 0.6 is 27.7 Å². The van der Waals surface area contributed by atoms with Crippen LogP contribution in [0.4, 0.5) is 11.4 Å². The summed E-state index contributed by atoms with van der Waals surface area (Å²) in [6.07, 6.45) is 4.84. The zero-order chi connectivity index (χ0) is 11.8. The Kier molecular flexibility index (Phi) is 3.40. The Morgan fingerprint density at radius 3 is 2.75 bits per heavy atom. The van der Waals surface area contributed by atoms with Gasteiger partial charge in [-0.1, -0.05) is 0 Å². The molecule has 0 radical (unpaired) electrons. The fraction of sp³-hybridized carbons (Fsp3) is 0.500. The molecule has 0 aromatic heterocycles. The van der Waals surface area contributed by atoms with Gasteiger partial charge in [0.15, 0.2) is 0 Å². The smallest absolute Gasteiger partial charge is 0.0489 e. The van der Waals surface area contributed by atoms with Crippen molar-refractivity contribution in [2.45, 2.75) is 24.5 Å². The van der Waals surface area contributed by atoms with Gasteiger partial charge in [-0.05, 0) is 59.6 Å². The molecule has 0 unspecified atom stereocenters. The predicted molar refractivity (Wildman–Crippen MR) is 77.3 cm³/mol. The first-order chi connectivity index (χ1) is 7.56. The average molecular weight is 301 g/mol. The molecule has 1 aliphatic carbocycles. The summed E-state index contributed by atoms with van der Waals surface area (Å²) in [6, 6.07) is 4.08. The van der Waals surface area contributed by atoms with E-state index in [0.717, 1.165) is 28.0 Å². The second-order valence-corrected chi connectivity index (χ2v) is 6.56. The predicted octanol–water partition coefficient (Wildman–Crippen LogP) is 3.65. The molecule has 16 heavy (non-hydrogen) atoms. The van der Waals surface area contributed by atoms with Crippen LogP contribution in [0.25, 0.3) is 0 Å². The van der Waals surface area contributed by atoms with Crippen molar-refractivity contribution >= 4 is 39.1 Å². The van der Waals surface area contributed by atoms with Crippen molar-refractivity contribution in [3.8, 4) is 0 Å². The molecule has 3 N–H and O–H groups in total. The molecule has 2 rings (SSSR count). The third-order valence-corrected chi connectivity index (χ3v) is 5.27. The standard InChI is InChI=1S/C12H17BrN2S/c1-8-5-11(9(13)6-10(8)14)15-7-12(16-2)3-4-12/h5-6,15H,3-4,7,14H2,1-2H3. The molecule has 2 nitrogen and oxygen atoms in total.